The second-order valence-corrected chi connectivity index (χ2v) is 4.60. The van der Waals surface area contributed by atoms with E-state index in [1.807, 2.05) is 24.3 Å². The predicted octanol–water partition coefficient (Wildman–Crippen LogP) is 2.16. The molecule has 18 heavy (non-hydrogen) atoms. The molecule has 1 unspecified atom stereocenters. The molecule has 0 fully saturated rings. The van der Waals surface area contributed by atoms with E-state index in [1.54, 1.807) is 6.92 Å². The molecule has 0 aliphatic rings. The first kappa shape index (κ1) is 14.7. The zero-order valence-corrected chi connectivity index (χ0v) is 11.5. The molecule has 0 heterocycles. The summed E-state index contributed by atoms with van der Waals surface area (Å²) < 4.78 is 4.97. The normalized spacial score (nSPS) is 12.5. The molecule has 0 aliphatic carbocycles. The lowest BCUT2D eigenvalue weighted by molar-refractivity contribution is -0.124. The van der Waals surface area contributed by atoms with Crippen LogP contribution in [0.5, 0.6) is 0 Å². The molecular weight excluding hydrogens is 228 g/mol. The zero-order chi connectivity index (χ0) is 13.5. The highest BCUT2D eigenvalue weighted by Crippen LogP contribution is 2.11. The number of amides is 1. The average Bonchev–Trinajstić information content (AvgIpc) is 2.35. The van der Waals surface area contributed by atoms with Gasteiger partial charge in [0, 0.05) is 25.4 Å². The van der Waals surface area contributed by atoms with Gasteiger partial charge in [0.1, 0.15) is 6.10 Å². The minimum Gasteiger partial charge on any atom is -0.372 e. The molecule has 0 aromatic heterocycles. The summed E-state index contributed by atoms with van der Waals surface area (Å²) >= 11 is 0. The van der Waals surface area contributed by atoms with Gasteiger partial charge in [-0.2, -0.15) is 0 Å². The van der Waals surface area contributed by atoms with Gasteiger partial charge in [-0.05, 0) is 24.6 Å². The van der Waals surface area contributed by atoms with Crippen molar-refractivity contribution in [1.82, 2.24) is 5.32 Å². The number of carbonyl (C=O) groups is 1. The summed E-state index contributed by atoms with van der Waals surface area (Å²) in [6.07, 6.45) is -0.442. The van der Waals surface area contributed by atoms with E-state index >= 15 is 0 Å². The lowest BCUT2D eigenvalue weighted by Gasteiger charge is -2.12. The van der Waals surface area contributed by atoms with Gasteiger partial charge >= 0.3 is 0 Å². The topological polar surface area (TPSA) is 50.4 Å². The van der Waals surface area contributed by atoms with Crippen LogP contribution in [0.1, 0.15) is 26.3 Å². The van der Waals surface area contributed by atoms with Crippen molar-refractivity contribution in [3.8, 4) is 0 Å². The summed E-state index contributed by atoms with van der Waals surface area (Å²) in [6.45, 7) is 6.72. The van der Waals surface area contributed by atoms with Crippen LogP contribution in [0.2, 0.25) is 0 Å². The van der Waals surface area contributed by atoms with E-state index in [0.29, 0.717) is 6.04 Å². The summed E-state index contributed by atoms with van der Waals surface area (Å²) in [5, 5.41) is 6.17. The van der Waals surface area contributed by atoms with E-state index < -0.39 is 6.10 Å². The van der Waals surface area contributed by atoms with Gasteiger partial charge in [0.05, 0.1) is 0 Å². The van der Waals surface area contributed by atoms with Gasteiger partial charge < -0.3 is 15.4 Å². The molecule has 1 atom stereocenters. The van der Waals surface area contributed by atoms with Gasteiger partial charge in [0.2, 0.25) is 0 Å². The monoisotopic (exact) mass is 250 g/mol. The molecule has 0 bridgehead atoms. The Morgan fingerprint density at radius 3 is 2.67 bits per heavy atom. The first-order valence-electron chi connectivity index (χ1n) is 6.19. The molecule has 1 aromatic rings. The number of carbonyl (C=O) groups excluding carboxylic acids is 1. The highest BCUT2D eigenvalue weighted by atomic mass is 16.5. The molecule has 2 N–H and O–H groups in total. The number of benzene rings is 1. The fourth-order valence-electron chi connectivity index (χ4n) is 1.43. The summed E-state index contributed by atoms with van der Waals surface area (Å²) in [4.78, 5) is 11.7. The highest BCUT2D eigenvalue weighted by molar-refractivity contribution is 5.93. The van der Waals surface area contributed by atoms with Crippen molar-refractivity contribution >= 4 is 11.6 Å². The third-order valence-electron chi connectivity index (χ3n) is 2.63. The van der Waals surface area contributed by atoms with E-state index in [9.17, 15) is 4.79 Å². The van der Waals surface area contributed by atoms with Crippen LogP contribution in [0.4, 0.5) is 5.69 Å². The Bertz CT molecular complexity index is 391. The Balaban J connectivity index is 2.61. The van der Waals surface area contributed by atoms with Crippen molar-refractivity contribution < 1.29 is 9.53 Å². The van der Waals surface area contributed by atoms with Crippen molar-refractivity contribution in [2.45, 2.75) is 39.5 Å². The number of methoxy groups -OCH3 is 1. The minimum absolute atomic E-state index is 0.133. The van der Waals surface area contributed by atoms with Gasteiger partial charge in [-0.3, -0.25) is 4.79 Å². The van der Waals surface area contributed by atoms with Crippen molar-refractivity contribution in [3.05, 3.63) is 29.8 Å². The molecule has 100 valence electrons. The van der Waals surface area contributed by atoms with E-state index in [1.165, 1.54) is 7.11 Å². The van der Waals surface area contributed by atoms with Crippen molar-refractivity contribution in [3.63, 3.8) is 0 Å². The summed E-state index contributed by atoms with van der Waals surface area (Å²) in [7, 11) is 1.52. The third kappa shape index (κ3) is 4.85. The maximum atomic E-state index is 11.7. The van der Waals surface area contributed by atoms with Gasteiger partial charge in [-0.1, -0.05) is 26.0 Å². The molecule has 0 saturated carbocycles. The smallest absolute Gasteiger partial charge is 0.253 e. The lowest BCUT2D eigenvalue weighted by Crippen LogP contribution is -2.26. The third-order valence-corrected chi connectivity index (χ3v) is 2.63. The van der Waals surface area contributed by atoms with Crippen LogP contribution in [-0.2, 0) is 16.1 Å². The van der Waals surface area contributed by atoms with E-state index in [-0.39, 0.29) is 5.91 Å². The van der Waals surface area contributed by atoms with E-state index in [4.69, 9.17) is 4.74 Å². The van der Waals surface area contributed by atoms with Crippen LogP contribution in [0.15, 0.2) is 24.3 Å². The molecule has 1 amide bonds. The molecule has 0 radical (unpaired) electrons. The van der Waals surface area contributed by atoms with E-state index in [2.05, 4.69) is 24.5 Å². The van der Waals surface area contributed by atoms with Crippen LogP contribution in [0.25, 0.3) is 0 Å². The Morgan fingerprint density at radius 1 is 1.33 bits per heavy atom. The molecule has 0 aliphatic heterocycles. The van der Waals surface area contributed by atoms with Crippen molar-refractivity contribution in [2.24, 2.45) is 0 Å². The summed E-state index contributed by atoms with van der Waals surface area (Å²) in [5.74, 6) is -0.133. The van der Waals surface area contributed by atoms with Crippen LogP contribution in [-0.4, -0.2) is 25.2 Å². The average molecular weight is 250 g/mol. The second kappa shape index (κ2) is 7.13. The van der Waals surface area contributed by atoms with Crippen molar-refractivity contribution in [2.75, 3.05) is 12.4 Å². The Morgan fingerprint density at radius 2 is 2.06 bits per heavy atom. The van der Waals surface area contributed by atoms with Crippen LogP contribution in [0.3, 0.4) is 0 Å². The molecule has 4 nitrogen and oxygen atoms in total. The summed E-state index contributed by atoms with van der Waals surface area (Å²) in [6, 6.07) is 8.25. The summed E-state index contributed by atoms with van der Waals surface area (Å²) in [5.41, 5.74) is 1.94. The standard InChI is InChI=1S/C14H22N2O2/c1-10(2)15-9-12-6-5-7-13(8-12)16-14(17)11(3)18-4/h5-8,10-11,15H,9H2,1-4H3,(H,16,17). The predicted molar refractivity (Wildman–Crippen MR) is 73.5 cm³/mol. The maximum absolute atomic E-state index is 11.7. The number of nitrogens with one attached hydrogen (secondary N) is 2. The lowest BCUT2D eigenvalue weighted by atomic mass is 10.2. The molecule has 4 heteroatoms. The SMILES string of the molecule is COC(C)C(=O)Nc1cccc(CNC(C)C)c1. The first-order valence-corrected chi connectivity index (χ1v) is 6.19. The zero-order valence-electron chi connectivity index (χ0n) is 11.5. The van der Waals surface area contributed by atoms with Gasteiger partial charge in [0.15, 0.2) is 0 Å². The number of rotatable bonds is 6. The van der Waals surface area contributed by atoms with E-state index in [0.717, 1.165) is 17.8 Å². The first-order chi connectivity index (χ1) is 8.52. The molecule has 0 spiro atoms. The van der Waals surface area contributed by atoms with Gasteiger partial charge in [-0.25, -0.2) is 0 Å². The maximum Gasteiger partial charge on any atom is 0.253 e. The molecule has 0 saturated heterocycles. The Hall–Kier alpha value is -1.39. The largest absolute Gasteiger partial charge is 0.372 e. The van der Waals surface area contributed by atoms with Gasteiger partial charge in [0.25, 0.3) is 5.91 Å². The number of anilines is 1. The quantitative estimate of drug-likeness (QED) is 0.813. The fourth-order valence-corrected chi connectivity index (χ4v) is 1.43. The molecular formula is C14H22N2O2. The number of ether oxygens (including phenoxy) is 1. The number of hydrogen-bond acceptors (Lipinski definition) is 3. The van der Waals surface area contributed by atoms with Crippen molar-refractivity contribution in [1.29, 1.82) is 0 Å². The Kier molecular flexibility index (Phi) is 5.82. The molecule has 1 rings (SSSR count). The molecule has 1 aromatic carbocycles. The second-order valence-electron chi connectivity index (χ2n) is 4.60. The fraction of sp³-hybridized carbons (Fsp3) is 0.500. The van der Waals surface area contributed by atoms with Crippen LogP contribution < -0.4 is 10.6 Å². The van der Waals surface area contributed by atoms with Crippen LogP contribution in [0, 0.1) is 0 Å². The number of hydrogen-bond donors (Lipinski definition) is 2. The van der Waals surface area contributed by atoms with Gasteiger partial charge in [-0.15, -0.1) is 0 Å². The Labute approximate surface area is 109 Å². The minimum atomic E-state index is -0.442. The highest BCUT2D eigenvalue weighted by Gasteiger charge is 2.11. The van der Waals surface area contributed by atoms with Crippen LogP contribution >= 0.6 is 0 Å².